The Labute approximate surface area is 129 Å². The fraction of sp³-hybridized carbons (Fsp3) is 0.375. The van der Waals surface area contributed by atoms with Crippen LogP contribution in [0.5, 0.6) is 0 Å². The van der Waals surface area contributed by atoms with Gasteiger partial charge in [-0.1, -0.05) is 30.4 Å². The van der Waals surface area contributed by atoms with E-state index < -0.39 is 0 Å². The highest BCUT2D eigenvalue weighted by Crippen LogP contribution is 2.32. The molecule has 2 aromatic rings. The zero-order valence-electron chi connectivity index (χ0n) is 12.1. The van der Waals surface area contributed by atoms with E-state index in [1.54, 1.807) is 13.3 Å². The van der Waals surface area contributed by atoms with Crippen LogP contribution in [-0.4, -0.2) is 36.3 Å². The van der Waals surface area contributed by atoms with E-state index in [-0.39, 0.29) is 6.10 Å². The number of anilines is 1. The molecule has 1 aliphatic rings. The molecule has 0 saturated carbocycles. The molecular weight excluding hydrogens is 282 g/mol. The normalized spacial score (nSPS) is 18.9. The summed E-state index contributed by atoms with van der Waals surface area (Å²) in [5, 5.41) is 1.10. The van der Waals surface area contributed by atoms with Crippen molar-refractivity contribution < 1.29 is 4.74 Å². The van der Waals surface area contributed by atoms with Crippen LogP contribution in [0.25, 0.3) is 10.9 Å². The summed E-state index contributed by atoms with van der Waals surface area (Å²) in [5.74, 6) is 0. The number of thiocarbonyl (C=S) groups is 1. The minimum absolute atomic E-state index is 0.255. The molecule has 21 heavy (non-hydrogen) atoms. The topological polar surface area (TPSA) is 51.4 Å². The molecule has 1 aromatic carbocycles. The quantitative estimate of drug-likeness (QED) is 0.883. The number of benzene rings is 1. The van der Waals surface area contributed by atoms with Crippen LogP contribution in [0, 0.1) is 0 Å². The van der Waals surface area contributed by atoms with E-state index in [1.165, 1.54) is 0 Å². The van der Waals surface area contributed by atoms with Crippen molar-refractivity contribution in [2.24, 2.45) is 5.73 Å². The largest absolute Gasteiger partial charge is 0.389 e. The molecule has 2 heterocycles. The number of pyridine rings is 1. The van der Waals surface area contributed by atoms with Crippen LogP contribution in [-0.2, 0) is 4.74 Å². The zero-order chi connectivity index (χ0) is 14.8. The van der Waals surface area contributed by atoms with E-state index in [0.29, 0.717) is 4.99 Å². The lowest BCUT2D eigenvalue weighted by molar-refractivity contribution is 0.0894. The Bertz CT molecular complexity index is 674. The van der Waals surface area contributed by atoms with Gasteiger partial charge in [-0.05, 0) is 18.9 Å². The number of hydrogen-bond donors (Lipinski definition) is 1. The summed E-state index contributed by atoms with van der Waals surface area (Å²) in [5.41, 5.74) is 8.82. The van der Waals surface area contributed by atoms with Crippen LogP contribution in [0.1, 0.15) is 18.4 Å². The van der Waals surface area contributed by atoms with E-state index in [1.807, 2.05) is 18.2 Å². The van der Waals surface area contributed by atoms with Crippen molar-refractivity contribution in [3.05, 3.63) is 36.0 Å². The number of piperidine rings is 1. The standard InChI is InChI=1S/C16H19N3OS/c1-20-11-5-4-8-19(10-11)15-12-6-2-3-7-14(12)18-9-13(15)16(17)21/h2-3,6-7,9,11H,4-5,8,10H2,1H3,(H2,17,21). The van der Waals surface area contributed by atoms with Gasteiger partial charge in [0.2, 0.25) is 0 Å². The number of fused-ring (bicyclic) bond motifs is 1. The van der Waals surface area contributed by atoms with Crippen molar-refractivity contribution in [1.82, 2.24) is 4.98 Å². The van der Waals surface area contributed by atoms with E-state index >= 15 is 0 Å². The van der Waals surface area contributed by atoms with Gasteiger partial charge in [-0.25, -0.2) is 0 Å². The molecule has 0 aliphatic carbocycles. The Kier molecular flexibility index (Phi) is 4.03. The van der Waals surface area contributed by atoms with E-state index in [4.69, 9.17) is 22.7 Å². The third-order valence-corrected chi connectivity index (χ3v) is 4.26. The van der Waals surface area contributed by atoms with Crippen molar-refractivity contribution in [2.75, 3.05) is 25.1 Å². The second-order valence-corrected chi connectivity index (χ2v) is 5.79. The Morgan fingerprint density at radius 3 is 3.00 bits per heavy atom. The van der Waals surface area contributed by atoms with Crippen molar-refractivity contribution in [3.63, 3.8) is 0 Å². The number of aromatic nitrogens is 1. The molecule has 1 saturated heterocycles. The lowest BCUT2D eigenvalue weighted by Crippen LogP contribution is -2.40. The van der Waals surface area contributed by atoms with E-state index in [9.17, 15) is 0 Å². The first-order valence-electron chi connectivity index (χ1n) is 7.16. The van der Waals surface area contributed by atoms with E-state index in [2.05, 4.69) is 16.0 Å². The Hall–Kier alpha value is -1.72. The Balaban J connectivity index is 2.14. The van der Waals surface area contributed by atoms with E-state index in [0.717, 1.165) is 48.1 Å². The second-order valence-electron chi connectivity index (χ2n) is 5.35. The molecule has 110 valence electrons. The van der Waals surface area contributed by atoms with Crippen molar-refractivity contribution in [1.29, 1.82) is 0 Å². The number of methoxy groups -OCH3 is 1. The number of nitrogens with zero attached hydrogens (tertiary/aromatic N) is 2. The highest BCUT2D eigenvalue weighted by Gasteiger charge is 2.24. The SMILES string of the molecule is COC1CCCN(c2c(C(N)=S)cnc3ccccc23)C1. The fourth-order valence-corrected chi connectivity index (χ4v) is 3.13. The van der Waals surface area contributed by atoms with Gasteiger partial charge in [0, 0.05) is 31.8 Å². The molecule has 5 heteroatoms. The maximum Gasteiger partial charge on any atom is 0.107 e. The van der Waals surface area contributed by atoms with Gasteiger partial charge in [-0.3, -0.25) is 4.98 Å². The van der Waals surface area contributed by atoms with Gasteiger partial charge in [-0.2, -0.15) is 0 Å². The van der Waals surface area contributed by atoms with Crippen molar-refractivity contribution in [3.8, 4) is 0 Å². The maximum absolute atomic E-state index is 5.91. The predicted molar refractivity (Wildman–Crippen MR) is 89.9 cm³/mol. The van der Waals surface area contributed by atoms with Gasteiger partial charge in [0.15, 0.2) is 0 Å². The van der Waals surface area contributed by atoms with Crippen LogP contribution in [0.2, 0.25) is 0 Å². The Morgan fingerprint density at radius 2 is 2.24 bits per heavy atom. The molecule has 1 unspecified atom stereocenters. The molecule has 0 bridgehead atoms. The summed E-state index contributed by atoms with van der Waals surface area (Å²) in [6, 6.07) is 8.11. The third kappa shape index (κ3) is 2.71. The van der Waals surface area contributed by atoms with Gasteiger partial charge in [-0.15, -0.1) is 0 Å². The summed E-state index contributed by atoms with van der Waals surface area (Å²) >= 11 is 5.22. The monoisotopic (exact) mass is 301 g/mol. The number of nitrogens with two attached hydrogens (primary N) is 1. The second kappa shape index (κ2) is 5.95. The molecular formula is C16H19N3OS. The molecule has 0 amide bonds. The smallest absolute Gasteiger partial charge is 0.107 e. The van der Waals surface area contributed by atoms with Crippen LogP contribution in [0.3, 0.4) is 0 Å². The van der Waals surface area contributed by atoms with Crippen molar-refractivity contribution >= 4 is 33.8 Å². The average Bonchev–Trinajstić information content (AvgIpc) is 2.53. The number of para-hydroxylation sites is 1. The maximum atomic E-state index is 5.91. The first-order valence-corrected chi connectivity index (χ1v) is 7.57. The predicted octanol–water partition coefficient (Wildman–Crippen LogP) is 2.48. The molecule has 1 aromatic heterocycles. The summed E-state index contributed by atoms with van der Waals surface area (Å²) in [6.07, 6.45) is 4.24. The first-order chi connectivity index (χ1) is 10.2. The van der Waals surface area contributed by atoms with Gasteiger partial charge < -0.3 is 15.4 Å². The molecule has 3 rings (SSSR count). The lowest BCUT2D eigenvalue weighted by atomic mass is 10.0. The van der Waals surface area contributed by atoms with Gasteiger partial charge in [0.1, 0.15) is 4.99 Å². The van der Waals surface area contributed by atoms with Crippen molar-refractivity contribution in [2.45, 2.75) is 18.9 Å². The molecule has 0 spiro atoms. The number of rotatable bonds is 3. The molecule has 0 radical (unpaired) electrons. The fourth-order valence-electron chi connectivity index (χ4n) is 2.98. The zero-order valence-corrected chi connectivity index (χ0v) is 12.9. The highest BCUT2D eigenvalue weighted by atomic mass is 32.1. The van der Waals surface area contributed by atoms with Crippen LogP contribution in [0.4, 0.5) is 5.69 Å². The number of ether oxygens (including phenoxy) is 1. The summed E-state index contributed by atoms with van der Waals surface area (Å²) < 4.78 is 5.53. The lowest BCUT2D eigenvalue weighted by Gasteiger charge is -2.35. The van der Waals surface area contributed by atoms with Crippen LogP contribution >= 0.6 is 12.2 Å². The minimum atomic E-state index is 0.255. The summed E-state index contributed by atoms with van der Waals surface area (Å²) in [7, 11) is 1.77. The first kappa shape index (κ1) is 14.2. The highest BCUT2D eigenvalue weighted by molar-refractivity contribution is 7.80. The number of hydrogen-bond acceptors (Lipinski definition) is 4. The minimum Gasteiger partial charge on any atom is -0.389 e. The van der Waals surface area contributed by atoms with Gasteiger partial charge in [0.05, 0.1) is 22.9 Å². The average molecular weight is 301 g/mol. The molecule has 2 N–H and O–H groups in total. The third-order valence-electron chi connectivity index (χ3n) is 4.04. The molecule has 4 nitrogen and oxygen atoms in total. The summed E-state index contributed by atoms with van der Waals surface area (Å²) in [6.45, 7) is 1.85. The van der Waals surface area contributed by atoms with Gasteiger partial charge in [0.25, 0.3) is 0 Å². The molecule has 1 atom stereocenters. The summed E-state index contributed by atoms with van der Waals surface area (Å²) in [4.78, 5) is 7.19. The van der Waals surface area contributed by atoms with Crippen LogP contribution < -0.4 is 10.6 Å². The van der Waals surface area contributed by atoms with Crippen LogP contribution in [0.15, 0.2) is 30.5 Å². The molecule has 1 aliphatic heterocycles. The van der Waals surface area contributed by atoms with Gasteiger partial charge >= 0.3 is 0 Å². The Morgan fingerprint density at radius 1 is 1.43 bits per heavy atom. The molecule has 1 fully saturated rings.